The van der Waals surface area contributed by atoms with Crippen molar-refractivity contribution in [2.45, 2.75) is 18.9 Å². The summed E-state index contributed by atoms with van der Waals surface area (Å²) in [5.74, 6) is 2.44. The lowest BCUT2D eigenvalue weighted by Crippen LogP contribution is -2.49. The average molecular weight is 620 g/mol. The maximum Gasteiger partial charge on any atom is 0.241 e. The topological polar surface area (TPSA) is 131 Å². The number of carbonyl (C=O) groups excluding carboxylic acids is 1. The Bertz CT molecular complexity index is 1180. The Labute approximate surface area is 260 Å². The van der Waals surface area contributed by atoms with Gasteiger partial charge in [-0.25, -0.2) is 9.97 Å². The molecule has 2 fully saturated rings. The van der Waals surface area contributed by atoms with E-state index >= 15 is 0 Å². The highest BCUT2D eigenvalue weighted by molar-refractivity contribution is 5.96. The number of anilines is 4. The molecule has 15 nitrogen and oxygen atoms in total. The van der Waals surface area contributed by atoms with E-state index in [2.05, 4.69) is 9.80 Å². The van der Waals surface area contributed by atoms with Crippen molar-refractivity contribution in [3.63, 3.8) is 0 Å². The van der Waals surface area contributed by atoms with Gasteiger partial charge in [-0.1, -0.05) is 0 Å². The van der Waals surface area contributed by atoms with E-state index in [0.29, 0.717) is 94.4 Å². The van der Waals surface area contributed by atoms with Gasteiger partial charge in [0.25, 0.3) is 0 Å². The van der Waals surface area contributed by atoms with E-state index in [0.717, 1.165) is 31.7 Å². The minimum Gasteiger partial charge on any atom is -0.383 e. The lowest BCUT2D eigenvalue weighted by molar-refractivity contribution is -0.129. The molecule has 4 rings (SSSR count). The number of amides is 1. The van der Waals surface area contributed by atoms with Crippen molar-refractivity contribution in [2.24, 2.45) is 0 Å². The summed E-state index contributed by atoms with van der Waals surface area (Å²) < 4.78 is 27.3. The number of nitrogens with zero attached hydrogens (tertiary/aromatic N) is 9. The fourth-order valence-electron chi connectivity index (χ4n) is 5.36. The zero-order valence-corrected chi connectivity index (χ0v) is 27.2. The molecule has 2 saturated heterocycles. The molecule has 0 aromatic carbocycles. The largest absolute Gasteiger partial charge is 0.383 e. The van der Waals surface area contributed by atoms with Crippen LogP contribution < -0.4 is 19.6 Å². The van der Waals surface area contributed by atoms with E-state index in [1.807, 2.05) is 16.8 Å². The minimum atomic E-state index is 0.0261. The van der Waals surface area contributed by atoms with Gasteiger partial charge in [-0.15, -0.1) is 0 Å². The first-order chi connectivity index (χ1) is 21.4. The second-order valence-corrected chi connectivity index (χ2v) is 11.0. The van der Waals surface area contributed by atoms with Crippen molar-refractivity contribution in [1.29, 1.82) is 0 Å². The zero-order valence-electron chi connectivity index (χ0n) is 27.2. The van der Waals surface area contributed by atoms with Gasteiger partial charge in [0.1, 0.15) is 11.0 Å². The molecule has 0 saturated carbocycles. The van der Waals surface area contributed by atoms with Crippen molar-refractivity contribution < 1.29 is 28.5 Å². The SMILES string of the molecule is COCCN(CCOC)c1nc(N2CCN(C)C(=O)C2)c2nc(N(CCOC)CCOC)nc(N3CCC(OC)CC3)c2n1. The van der Waals surface area contributed by atoms with Crippen molar-refractivity contribution in [3.05, 3.63) is 0 Å². The van der Waals surface area contributed by atoms with E-state index in [9.17, 15) is 4.79 Å². The maximum atomic E-state index is 12.9. The number of ether oxygens (including phenoxy) is 5. The lowest BCUT2D eigenvalue weighted by Gasteiger charge is -2.35. The first-order valence-electron chi connectivity index (χ1n) is 15.3. The Balaban J connectivity index is 1.93. The normalized spacial score (nSPS) is 16.3. The molecule has 2 aromatic heterocycles. The smallest absolute Gasteiger partial charge is 0.241 e. The summed E-state index contributed by atoms with van der Waals surface area (Å²) in [6.45, 7) is 7.23. The molecule has 0 radical (unpaired) electrons. The third kappa shape index (κ3) is 8.33. The van der Waals surface area contributed by atoms with Crippen LogP contribution in [-0.2, 0) is 28.5 Å². The fourth-order valence-corrected chi connectivity index (χ4v) is 5.36. The Morgan fingerprint density at radius 1 is 0.659 bits per heavy atom. The monoisotopic (exact) mass is 619 g/mol. The van der Waals surface area contributed by atoms with Gasteiger partial charge in [-0.3, -0.25) is 4.79 Å². The number of carbonyl (C=O) groups is 1. The van der Waals surface area contributed by atoms with Crippen LogP contribution >= 0.6 is 0 Å². The van der Waals surface area contributed by atoms with E-state index < -0.39 is 0 Å². The summed E-state index contributed by atoms with van der Waals surface area (Å²) in [5, 5.41) is 0. The number of aromatic nitrogens is 4. The standard InChI is InChI=1S/C29H49N9O6/c1-34-11-12-38(21-23(34)39)27-25-24(30-29(33-27)37(15-19-42-4)16-20-43-5)26(35-9-7-22(44-6)8-10-35)32-28(31-25)36(13-17-40-2)14-18-41-3/h22H,7-21H2,1-6H3. The van der Waals surface area contributed by atoms with E-state index in [1.54, 1.807) is 40.4 Å². The number of likely N-dealkylation sites (N-methyl/N-ethyl adjacent to an activating group) is 1. The third-order valence-corrected chi connectivity index (χ3v) is 8.14. The minimum absolute atomic E-state index is 0.0261. The van der Waals surface area contributed by atoms with Gasteiger partial charge in [-0.2, -0.15) is 9.97 Å². The van der Waals surface area contributed by atoms with E-state index in [4.69, 9.17) is 43.6 Å². The number of piperazine rings is 1. The van der Waals surface area contributed by atoms with E-state index in [-0.39, 0.29) is 18.6 Å². The Kier molecular flexibility index (Phi) is 12.9. The molecular weight excluding hydrogens is 570 g/mol. The molecule has 1 amide bonds. The number of hydrogen-bond acceptors (Lipinski definition) is 14. The number of fused-ring (bicyclic) bond motifs is 1. The number of hydrogen-bond donors (Lipinski definition) is 0. The summed E-state index contributed by atoms with van der Waals surface area (Å²) in [6, 6.07) is 0. The van der Waals surface area contributed by atoms with Crippen molar-refractivity contribution >= 4 is 40.5 Å². The molecule has 0 aliphatic carbocycles. The van der Waals surface area contributed by atoms with Crippen LogP contribution in [0.1, 0.15) is 12.8 Å². The molecule has 2 aliphatic rings. The highest BCUT2D eigenvalue weighted by Gasteiger charge is 2.30. The Morgan fingerprint density at radius 3 is 1.52 bits per heavy atom. The van der Waals surface area contributed by atoms with Crippen LogP contribution in [0.4, 0.5) is 23.5 Å². The first kappa shape index (κ1) is 33.8. The molecule has 246 valence electrons. The Morgan fingerprint density at radius 2 is 1.11 bits per heavy atom. The van der Waals surface area contributed by atoms with Crippen molar-refractivity contribution in [1.82, 2.24) is 24.8 Å². The summed E-state index contributed by atoms with van der Waals surface area (Å²) in [6.07, 6.45) is 1.95. The highest BCUT2D eigenvalue weighted by Crippen LogP contribution is 2.34. The highest BCUT2D eigenvalue weighted by atomic mass is 16.5. The predicted molar refractivity (Wildman–Crippen MR) is 169 cm³/mol. The third-order valence-electron chi connectivity index (χ3n) is 8.14. The average Bonchev–Trinajstić information content (AvgIpc) is 3.05. The molecule has 0 unspecified atom stereocenters. The molecule has 0 bridgehead atoms. The predicted octanol–water partition coefficient (Wildman–Crippen LogP) is 0.512. The van der Waals surface area contributed by atoms with Gasteiger partial charge in [0.05, 0.1) is 39.1 Å². The van der Waals surface area contributed by atoms with Crippen LogP contribution in [0.3, 0.4) is 0 Å². The van der Waals surface area contributed by atoms with Gasteiger partial charge >= 0.3 is 0 Å². The number of piperidine rings is 1. The molecule has 0 N–H and O–H groups in total. The molecule has 4 heterocycles. The van der Waals surface area contributed by atoms with Crippen LogP contribution in [0.5, 0.6) is 0 Å². The number of methoxy groups -OCH3 is 5. The molecular formula is C29H49N9O6. The van der Waals surface area contributed by atoms with Crippen LogP contribution in [0.2, 0.25) is 0 Å². The summed E-state index contributed by atoms with van der Waals surface area (Å²) >= 11 is 0. The van der Waals surface area contributed by atoms with Gasteiger partial charge in [-0.05, 0) is 12.8 Å². The lowest BCUT2D eigenvalue weighted by atomic mass is 10.1. The molecule has 2 aromatic rings. The maximum absolute atomic E-state index is 12.9. The van der Waals surface area contributed by atoms with Crippen LogP contribution in [-0.4, -0.2) is 165 Å². The fraction of sp³-hybridized carbons (Fsp3) is 0.759. The van der Waals surface area contributed by atoms with Crippen LogP contribution in [0.15, 0.2) is 0 Å². The van der Waals surface area contributed by atoms with Crippen molar-refractivity contribution in [2.75, 3.05) is 148 Å². The molecule has 0 spiro atoms. The molecule has 0 atom stereocenters. The van der Waals surface area contributed by atoms with Gasteiger partial charge in [0.2, 0.25) is 17.8 Å². The Hall–Kier alpha value is -3.11. The number of rotatable bonds is 17. The van der Waals surface area contributed by atoms with E-state index in [1.165, 1.54) is 0 Å². The summed E-state index contributed by atoms with van der Waals surface area (Å²) in [5.41, 5.74) is 1.26. The van der Waals surface area contributed by atoms with Gasteiger partial charge in [0.15, 0.2) is 11.6 Å². The quantitative estimate of drug-likeness (QED) is 0.244. The zero-order chi connectivity index (χ0) is 31.5. The molecule has 44 heavy (non-hydrogen) atoms. The van der Waals surface area contributed by atoms with Gasteiger partial charge in [0, 0.05) is 95.0 Å². The molecule has 2 aliphatic heterocycles. The second-order valence-electron chi connectivity index (χ2n) is 11.0. The van der Waals surface area contributed by atoms with Crippen LogP contribution in [0.25, 0.3) is 11.0 Å². The first-order valence-corrected chi connectivity index (χ1v) is 15.3. The summed E-state index contributed by atoms with van der Waals surface area (Å²) in [7, 11) is 10.3. The van der Waals surface area contributed by atoms with Gasteiger partial charge < -0.3 is 48.2 Å². The summed E-state index contributed by atoms with van der Waals surface area (Å²) in [4.78, 5) is 43.5. The van der Waals surface area contributed by atoms with Crippen molar-refractivity contribution in [3.8, 4) is 0 Å². The second kappa shape index (κ2) is 16.8. The molecule has 15 heteroatoms. The van der Waals surface area contributed by atoms with Crippen LogP contribution in [0, 0.1) is 0 Å².